The van der Waals surface area contributed by atoms with Crippen molar-refractivity contribution in [3.8, 4) is 0 Å². The highest BCUT2D eigenvalue weighted by Crippen LogP contribution is 2.16. The Hall–Kier alpha value is -1.83. The molecule has 0 saturated heterocycles. The van der Waals surface area contributed by atoms with Crippen LogP contribution in [-0.4, -0.2) is 36.9 Å². The maximum atomic E-state index is 4.53. The minimum Gasteiger partial charge on any atom is -0.266 e. The van der Waals surface area contributed by atoms with Crippen LogP contribution < -0.4 is 5.43 Å². The minimum atomic E-state index is 0.334. The average Bonchev–Trinajstić information content (AvgIpc) is 3.04. The van der Waals surface area contributed by atoms with Crippen molar-refractivity contribution in [2.75, 3.05) is 11.2 Å². The van der Waals surface area contributed by atoms with Crippen molar-refractivity contribution >= 4 is 23.9 Å². The van der Waals surface area contributed by atoms with Gasteiger partial charge in [0.25, 0.3) is 0 Å². The van der Waals surface area contributed by atoms with Gasteiger partial charge in [0.05, 0.1) is 11.9 Å². The zero-order valence-electron chi connectivity index (χ0n) is 13.7. The molecule has 7 nitrogen and oxygen atoms in total. The lowest BCUT2D eigenvalue weighted by Crippen LogP contribution is -2.05. The zero-order valence-corrected chi connectivity index (χ0v) is 14.5. The third-order valence-corrected chi connectivity index (χ3v) is 4.19. The Labute approximate surface area is 135 Å². The number of nitrogens with one attached hydrogen (secondary N) is 2. The highest BCUT2D eigenvalue weighted by atomic mass is 32.2. The second-order valence-electron chi connectivity index (χ2n) is 5.31. The first kappa shape index (κ1) is 16.5. The van der Waals surface area contributed by atoms with Crippen molar-refractivity contribution in [1.82, 2.24) is 25.0 Å². The second-order valence-corrected chi connectivity index (χ2v) is 6.37. The molecule has 0 amide bonds. The van der Waals surface area contributed by atoms with Crippen molar-refractivity contribution < 1.29 is 0 Å². The number of hydrogen-bond donors (Lipinski definition) is 2. The van der Waals surface area contributed by atoms with E-state index >= 15 is 0 Å². The largest absolute Gasteiger partial charge is 0.266 e. The highest BCUT2D eigenvalue weighted by molar-refractivity contribution is 7.99. The van der Waals surface area contributed by atoms with E-state index < -0.39 is 0 Å². The molecule has 0 bridgehead atoms. The van der Waals surface area contributed by atoms with Crippen LogP contribution >= 0.6 is 11.8 Å². The summed E-state index contributed by atoms with van der Waals surface area (Å²) >= 11 is 1.62. The molecule has 2 aromatic rings. The summed E-state index contributed by atoms with van der Waals surface area (Å²) in [6.45, 7) is 10.4. The normalized spacial score (nSPS) is 11.7. The molecule has 2 N–H and O–H groups in total. The molecule has 2 aromatic heterocycles. The standard InChI is InChI=1S/C14H23N7S/c1-6-7-22-14-16-13(18-19-14)17-15-8-12-10(4)20-21(9(2)3)11(12)5/h8-9H,6-7H2,1-5H3,(H2,16,17,18,19)/b15-8-. The van der Waals surface area contributed by atoms with Crippen LogP contribution in [0.1, 0.15) is 50.2 Å². The van der Waals surface area contributed by atoms with Gasteiger partial charge in [0.15, 0.2) is 0 Å². The monoisotopic (exact) mass is 321 g/mol. The lowest BCUT2D eigenvalue weighted by molar-refractivity contribution is 0.516. The third kappa shape index (κ3) is 3.88. The molecule has 0 aromatic carbocycles. The number of anilines is 1. The maximum absolute atomic E-state index is 4.53. The molecule has 0 radical (unpaired) electrons. The molecule has 2 rings (SSSR count). The van der Waals surface area contributed by atoms with Gasteiger partial charge < -0.3 is 0 Å². The summed E-state index contributed by atoms with van der Waals surface area (Å²) in [5, 5.41) is 16.4. The molecule has 0 fully saturated rings. The molecule has 0 unspecified atom stereocenters. The molecule has 0 aliphatic heterocycles. The fraction of sp³-hybridized carbons (Fsp3) is 0.571. The number of thioether (sulfide) groups is 1. The number of aromatic nitrogens is 5. The van der Waals surface area contributed by atoms with Crippen molar-refractivity contribution in [2.45, 2.75) is 52.2 Å². The van der Waals surface area contributed by atoms with E-state index in [0.717, 1.165) is 34.3 Å². The molecular formula is C14H23N7S. The predicted molar refractivity (Wildman–Crippen MR) is 90.7 cm³/mol. The lowest BCUT2D eigenvalue weighted by Gasteiger charge is -2.07. The minimum absolute atomic E-state index is 0.334. The maximum Gasteiger partial charge on any atom is 0.240 e. The Balaban J connectivity index is 2.02. The van der Waals surface area contributed by atoms with Crippen LogP contribution in [-0.2, 0) is 0 Å². The topological polar surface area (TPSA) is 83.8 Å². The van der Waals surface area contributed by atoms with Crippen LogP contribution in [0.2, 0.25) is 0 Å². The molecule has 22 heavy (non-hydrogen) atoms. The molecule has 0 saturated carbocycles. The first-order valence-corrected chi connectivity index (χ1v) is 8.41. The van der Waals surface area contributed by atoms with E-state index in [4.69, 9.17) is 0 Å². The van der Waals surface area contributed by atoms with Crippen molar-refractivity contribution in [1.29, 1.82) is 0 Å². The summed E-state index contributed by atoms with van der Waals surface area (Å²) in [5.41, 5.74) is 5.97. The molecule has 8 heteroatoms. The molecule has 0 spiro atoms. The molecule has 120 valence electrons. The van der Waals surface area contributed by atoms with E-state index in [0.29, 0.717) is 12.0 Å². The van der Waals surface area contributed by atoms with Gasteiger partial charge in [-0.1, -0.05) is 18.7 Å². The van der Waals surface area contributed by atoms with E-state index in [2.05, 4.69) is 58.5 Å². The van der Waals surface area contributed by atoms with Gasteiger partial charge >= 0.3 is 0 Å². The second kappa shape index (κ2) is 7.44. The van der Waals surface area contributed by atoms with Crippen LogP contribution in [0.15, 0.2) is 10.3 Å². The Morgan fingerprint density at radius 1 is 1.41 bits per heavy atom. The smallest absolute Gasteiger partial charge is 0.240 e. The van der Waals surface area contributed by atoms with Gasteiger partial charge in [-0.05, 0) is 34.1 Å². The molecular weight excluding hydrogens is 298 g/mol. The Kier molecular flexibility index (Phi) is 5.59. The van der Waals surface area contributed by atoms with Crippen LogP contribution in [0, 0.1) is 13.8 Å². The zero-order chi connectivity index (χ0) is 16.1. The van der Waals surface area contributed by atoms with E-state index in [-0.39, 0.29) is 0 Å². The summed E-state index contributed by atoms with van der Waals surface area (Å²) in [6.07, 6.45) is 2.87. The fourth-order valence-electron chi connectivity index (χ4n) is 2.08. The SMILES string of the molecule is CCCSc1n[nH]c(N/N=C\c2c(C)nn(C(C)C)c2C)n1. The van der Waals surface area contributed by atoms with Gasteiger partial charge in [-0.2, -0.15) is 15.2 Å². The average molecular weight is 321 g/mol. The van der Waals surface area contributed by atoms with Gasteiger partial charge in [-0.3, -0.25) is 4.68 Å². The van der Waals surface area contributed by atoms with Gasteiger partial charge in [-0.25, -0.2) is 10.5 Å². The summed E-state index contributed by atoms with van der Waals surface area (Å²) in [5.74, 6) is 1.55. The number of H-pyrrole nitrogens is 1. The predicted octanol–water partition coefficient (Wildman–Crippen LogP) is 3.15. The van der Waals surface area contributed by atoms with E-state index in [1.165, 1.54) is 0 Å². The van der Waals surface area contributed by atoms with E-state index in [1.807, 2.05) is 11.6 Å². The van der Waals surface area contributed by atoms with Gasteiger partial charge in [-0.15, -0.1) is 5.10 Å². The first-order valence-electron chi connectivity index (χ1n) is 7.42. The van der Waals surface area contributed by atoms with Crippen LogP contribution in [0.3, 0.4) is 0 Å². The molecule has 2 heterocycles. The Morgan fingerprint density at radius 2 is 2.18 bits per heavy atom. The highest BCUT2D eigenvalue weighted by Gasteiger charge is 2.11. The van der Waals surface area contributed by atoms with E-state index in [1.54, 1.807) is 18.0 Å². The summed E-state index contributed by atoms with van der Waals surface area (Å²) in [6, 6.07) is 0.334. The van der Waals surface area contributed by atoms with E-state index in [9.17, 15) is 0 Å². The summed E-state index contributed by atoms with van der Waals surface area (Å²) in [7, 11) is 0. The van der Waals surface area contributed by atoms with Gasteiger partial charge in [0, 0.05) is 23.1 Å². The quantitative estimate of drug-likeness (QED) is 0.465. The number of aryl methyl sites for hydroxylation is 1. The third-order valence-electron chi connectivity index (χ3n) is 3.13. The first-order chi connectivity index (χ1) is 10.5. The number of nitrogens with zero attached hydrogens (tertiary/aromatic N) is 5. The number of hydrogen-bond acceptors (Lipinski definition) is 6. The Bertz CT molecular complexity index is 642. The number of rotatable bonds is 7. The van der Waals surface area contributed by atoms with Gasteiger partial charge in [0.1, 0.15) is 0 Å². The van der Waals surface area contributed by atoms with Crippen LogP contribution in [0.4, 0.5) is 5.95 Å². The number of aromatic amines is 1. The van der Waals surface area contributed by atoms with Crippen molar-refractivity contribution in [3.05, 3.63) is 17.0 Å². The van der Waals surface area contributed by atoms with Crippen LogP contribution in [0.25, 0.3) is 0 Å². The molecule has 0 atom stereocenters. The van der Waals surface area contributed by atoms with Crippen LogP contribution in [0.5, 0.6) is 0 Å². The van der Waals surface area contributed by atoms with Crippen molar-refractivity contribution in [3.63, 3.8) is 0 Å². The molecule has 0 aliphatic rings. The molecule has 0 aliphatic carbocycles. The lowest BCUT2D eigenvalue weighted by atomic mass is 10.2. The summed E-state index contributed by atoms with van der Waals surface area (Å²) < 4.78 is 2.00. The number of hydrazone groups is 1. The summed E-state index contributed by atoms with van der Waals surface area (Å²) in [4.78, 5) is 4.31. The fourth-order valence-corrected chi connectivity index (χ4v) is 2.73. The van der Waals surface area contributed by atoms with Crippen molar-refractivity contribution in [2.24, 2.45) is 5.10 Å². The van der Waals surface area contributed by atoms with Gasteiger partial charge in [0.2, 0.25) is 11.1 Å². The Morgan fingerprint density at radius 3 is 2.82 bits per heavy atom.